The first-order valence-electron chi connectivity index (χ1n) is 7.27. The maximum absolute atomic E-state index is 12.8. The lowest BCUT2D eigenvalue weighted by Crippen LogP contribution is -2.39. The van der Waals surface area contributed by atoms with Crippen LogP contribution in [-0.2, 0) is 11.3 Å². The zero-order valence-corrected chi connectivity index (χ0v) is 13.5. The average Bonchev–Trinajstić information content (AvgIpc) is 2.52. The van der Waals surface area contributed by atoms with Gasteiger partial charge >= 0.3 is 0 Å². The molecule has 1 heterocycles. The molecule has 0 saturated carbocycles. The van der Waals surface area contributed by atoms with Gasteiger partial charge in [-0.25, -0.2) is 0 Å². The van der Waals surface area contributed by atoms with Gasteiger partial charge in [0, 0.05) is 29.6 Å². The van der Waals surface area contributed by atoms with Crippen molar-refractivity contribution >= 4 is 11.6 Å². The van der Waals surface area contributed by atoms with Crippen molar-refractivity contribution in [2.75, 3.05) is 12.0 Å². The Bertz CT molecular complexity index is 633. The van der Waals surface area contributed by atoms with Crippen molar-refractivity contribution < 1.29 is 9.53 Å². The normalized spacial score (nSPS) is 11.1. The summed E-state index contributed by atoms with van der Waals surface area (Å²) in [5.41, 5.74) is 1.34. The molecule has 4 heteroatoms. The van der Waals surface area contributed by atoms with E-state index in [4.69, 9.17) is 4.74 Å². The first-order valence-corrected chi connectivity index (χ1v) is 7.27. The molecule has 0 unspecified atom stereocenters. The number of aromatic nitrogens is 1. The zero-order chi connectivity index (χ0) is 16.2. The van der Waals surface area contributed by atoms with Crippen LogP contribution in [0.25, 0.3) is 0 Å². The van der Waals surface area contributed by atoms with E-state index in [1.165, 1.54) is 0 Å². The molecule has 0 bridgehead atoms. The van der Waals surface area contributed by atoms with Gasteiger partial charge in [0.15, 0.2) is 0 Å². The number of amides is 1. The van der Waals surface area contributed by atoms with Gasteiger partial charge in [0.1, 0.15) is 5.75 Å². The number of nitrogens with zero attached hydrogens (tertiary/aromatic N) is 2. The van der Waals surface area contributed by atoms with Gasteiger partial charge in [-0.1, -0.05) is 32.9 Å². The van der Waals surface area contributed by atoms with Crippen LogP contribution in [0.15, 0.2) is 48.8 Å². The zero-order valence-electron chi connectivity index (χ0n) is 13.5. The fourth-order valence-electron chi connectivity index (χ4n) is 2.14. The molecule has 0 radical (unpaired) electrons. The molecular weight excluding hydrogens is 276 g/mol. The summed E-state index contributed by atoms with van der Waals surface area (Å²) in [7, 11) is 1.62. The minimum atomic E-state index is -0.467. The summed E-state index contributed by atoms with van der Waals surface area (Å²) in [5.74, 6) is 0.792. The van der Waals surface area contributed by atoms with E-state index in [2.05, 4.69) is 4.98 Å². The molecule has 1 aromatic heterocycles. The van der Waals surface area contributed by atoms with E-state index in [0.29, 0.717) is 6.54 Å². The molecule has 0 aliphatic heterocycles. The first kappa shape index (κ1) is 16.0. The third kappa shape index (κ3) is 3.85. The largest absolute Gasteiger partial charge is 0.497 e. The van der Waals surface area contributed by atoms with Crippen molar-refractivity contribution in [3.8, 4) is 5.75 Å². The standard InChI is InChI=1S/C18H22N2O2/c1-18(2,3)17(21)20(13-14-7-6-10-19-12-14)15-8-5-9-16(11-15)22-4/h5-12H,13H2,1-4H3. The molecule has 0 N–H and O–H groups in total. The highest BCUT2D eigenvalue weighted by Crippen LogP contribution is 2.27. The molecule has 0 aliphatic rings. The van der Waals surface area contributed by atoms with Gasteiger partial charge < -0.3 is 9.64 Å². The number of rotatable bonds is 4. The molecule has 0 aliphatic carbocycles. The molecular formula is C18H22N2O2. The fraction of sp³-hybridized carbons (Fsp3) is 0.333. The Morgan fingerprint density at radius 3 is 2.59 bits per heavy atom. The van der Waals surface area contributed by atoms with E-state index in [9.17, 15) is 4.79 Å². The van der Waals surface area contributed by atoms with E-state index < -0.39 is 5.41 Å². The lowest BCUT2D eigenvalue weighted by Gasteiger charge is -2.30. The quantitative estimate of drug-likeness (QED) is 0.865. The minimum absolute atomic E-state index is 0.0598. The van der Waals surface area contributed by atoms with Crippen LogP contribution in [0.3, 0.4) is 0 Å². The number of carbonyl (C=O) groups is 1. The Morgan fingerprint density at radius 2 is 2.00 bits per heavy atom. The lowest BCUT2D eigenvalue weighted by molar-refractivity contribution is -0.125. The number of carbonyl (C=O) groups excluding carboxylic acids is 1. The molecule has 0 spiro atoms. The van der Waals surface area contributed by atoms with Crippen LogP contribution in [0, 0.1) is 5.41 Å². The van der Waals surface area contributed by atoms with Gasteiger partial charge in [0.25, 0.3) is 0 Å². The van der Waals surface area contributed by atoms with E-state index in [1.54, 1.807) is 24.4 Å². The van der Waals surface area contributed by atoms with Crippen LogP contribution in [0.5, 0.6) is 5.75 Å². The number of pyridine rings is 1. The molecule has 2 rings (SSSR count). The van der Waals surface area contributed by atoms with E-state index in [1.807, 2.05) is 57.2 Å². The summed E-state index contributed by atoms with van der Waals surface area (Å²) in [6, 6.07) is 11.4. The van der Waals surface area contributed by atoms with Crippen molar-refractivity contribution in [2.45, 2.75) is 27.3 Å². The number of hydrogen-bond donors (Lipinski definition) is 0. The lowest BCUT2D eigenvalue weighted by atomic mass is 9.94. The molecule has 1 aromatic carbocycles. The number of anilines is 1. The summed E-state index contributed by atoms with van der Waals surface area (Å²) >= 11 is 0. The van der Waals surface area contributed by atoms with Crippen molar-refractivity contribution in [2.24, 2.45) is 5.41 Å². The molecule has 0 fully saturated rings. The minimum Gasteiger partial charge on any atom is -0.497 e. The number of methoxy groups -OCH3 is 1. The third-order valence-electron chi connectivity index (χ3n) is 3.32. The average molecular weight is 298 g/mol. The molecule has 116 valence electrons. The maximum Gasteiger partial charge on any atom is 0.232 e. The second-order valence-corrected chi connectivity index (χ2v) is 6.20. The van der Waals surface area contributed by atoms with Gasteiger partial charge in [0.05, 0.1) is 13.7 Å². The predicted octanol–water partition coefficient (Wildman–Crippen LogP) is 3.67. The van der Waals surface area contributed by atoms with E-state index >= 15 is 0 Å². The Kier molecular flexibility index (Phi) is 4.81. The van der Waals surface area contributed by atoms with E-state index in [-0.39, 0.29) is 5.91 Å². The number of ether oxygens (including phenoxy) is 1. The van der Waals surface area contributed by atoms with Gasteiger partial charge in [-0.05, 0) is 23.8 Å². The molecule has 1 amide bonds. The monoisotopic (exact) mass is 298 g/mol. The van der Waals surface area contributed by atoms with Gasteiger partial charge in [-0.3, -0.25) is 9.78 Å². The Labute approximate surface area is 131 Å². The summed E-state index contributed by atoms with van der Waals surface area (Å²) in [6.07, 6.45) is 3.51. The van der Waals surface area contributed by atoms with Crippen LogP contribution < -0.4 is 9.64 Å². The number of benzene rings is 1. The maximum atomic E-state index is 12.8. The van der Waals surface area contributed by atoms with Gasteiger partial charge in [-0.2, -0.15) is 0 Å². The van der Waals surface area contributed by atoms with Crippen LogP contribution >= 0.6 is 0 Å². The Balaban J connectivity index is 2.38. The highest BCUT2D eigenvalue weighted by molar-refractivity contribution is 5.97. The molecule has 22 heavy (non-hydrogen) atoms. The molecule has 0 saturated heterocycles. The van der Waals surface area contributed by atoms with E-state index in [0.717, 1.165) is 17.0 Å². The van der Waals surface area contributed by atoms with Crippen LogP contribution in [0.1, 0.15) is 26.3 Å². The van der Waals surface area contributed by atoms with Crippen LogP contribution in [-0.4, -0.2) is 18.0 Å². The summed E-state index contributed by atoms with van der Waals surface area (Å²) in [5, 5.41) is 0. The van der Waals surface area contributed by atoms with Gasteiger partial charge in [0.2, 0.25) is 5.91 Å². The first-order chi connectivity index (χ1) is 10.4. The molecule has 4 nitrogen and oxygen atoms in total. The topological polar surface area (TPSA) is 42.4 Å². The van der Waals surface area contributed by atoms with Crippen LogP contribution in [0.2, 0.25) is 0 Å². The molecule has 2 aromatic rings. The van der Waals surface area contributed by atoms with Crippen LogP contribution in [0.4, 0.5) is 5.69 Å². The van der Waals surface area contributed by atoms with Crippen molar-refractivity contribution in [3.63, 3.8) is 0 Å². The Morgan fingerprint density at radius 1 is 1.23 bits per heavy atom. The third-order valence-corrected chi connectivity index (χ3v) is 3.32. The summed E-state index contributed by atoms with van der Waals surface area (Å²) in [4.78, 5) is 18.7. The molecule has 0 atom stereocenters. The van der Waals surface area contributed by atoms with Crippen molar-refractivity contribution in [1.29, 1.82) is 0 Å². The Hall–Kier alpha value is -2.36. The predicted molar refractivity (Wildman–Crippen MR) is 87.9 cm³/mol. The fourth-order valence-corrected chi connectivity index (χ4v) is 2.14. The second-order valence-electron chi connectivity index (χ2n) is 6.20. The highest BCUT2D eigenvalue weighted by atomic mass is 16.5. The number of hydrogen-bond acceptors (Lipinski definition) is 3. The second kappa shape index (κ2) is 6.60. The highest BCUT2D eigenvalue weighted by Gasteiger charge is 2.28. The summed E-state index contributed by atoms with van der Waals surface area (Å²) < 4.78 is 5.27. The van der Waals surface area contributed by atoms with Crippen molar-refractivity contribution in [1.82, 2.24) is 4.98 Å². The van der Waals surface area contributed by atoms with Crippen molar-refractivity contribution in [3.05, 3.63) is 54.4 Å². The summed E-state index contributed by atoms with van der Waals surface area (Å²) in [6.45, 7) is 6.25. The van der Waals surface area contributed by atoms with Gasteiger partial charge in [-0.15, -0.1) is 0 Å². The SMILES string of the molecule is COc1cccc(N(Cc2cccnc2)C(=O)C(C)(C)C)c1. The smallest absolute Gasteiger partial charge is 0.232 e.